The first kappa shape index (κ1) is 25.8. The molecule has 0 aliphatic carbocycles. The van der Waals surface area contributed by atoms with Crippen LogP contribution in [-0.4, -0.2) is 33.7 Å². The second-order valence-corrected chi connectivity index (χ2v) is 8.97. The molecule has 0 bridgehead atoms. The van der Waals surface area contributed by atoms with E-state index < -0.39 is 34.2 Å². The third-order valence-corrected chi connectivity index (χ3v) is 6.49. The van der Waals surface area contributed by atoms with Gasteiger partial charge in [-0.2, -0.15) is 18.3 Å². The summed E-state index contributed by atoms with van der Waals surface area (Å²) in [6, 6.07) is 18.5. The summed E-state index contributed by atoms with van der Waals surface area (Å²) in [5.74, 6) is -0.624. The molecule has 0 radical (unpaired) electrons. The Bertz CT molecular complexity index is 1300. The minimum absolute atomic E-state index is 0.0540. The lowest BCUT2D eigenvalue weighted by Gasteiger charge is -2.25. The molecule has 11 heteroatoms. The van der Waals surface area contributed by atoms with E-state index in [1.54, 1.807) is 43.3 Å². The van der Waals surface area contributed by atoms with E-state index in [4.69, 9.17) is 4.74 Å². The van der Waals surface area contributed by atoms with Gasteiger partial charge in [0.05, 0.1) is 29.0 Å². The third kappa shape index (κ3) is 6.38. The molecule has 0 aliphatic heterocycles. The fourth-order valence-electron chi connectivity index (χ4n) is 3.17. The van der Waals surface area contributed by atoms with Gasteiger partial charge in [0.15, 0.2) is 0 Å². The van der Waals surface area contributed by atoms with E-state index in [2.05, 4.69) is 10.5 Å². The smallest absolute Gasteiger partial charge is 0.417 e. The van der Waals surface area contributed by atoms with E-state index in [-0.39, 0.29) is 28.5 Å². The van der Waals surface area contributed by atoms with E-state index >= 15 is 0 Å². The molecule has 1 N–H and O–H groups in total. The average molecular weight is 506 g/mol. The van der Waals surface area contributed by atoms with Crippen molar-refractivity contribution in [1.82, 2.24) is 5.43 Å². The summed E-state index contributed by atoms with van der Waals surface area (Å²) in [4.78, 5) is 12.6. The Morgan fingerprint density at radius 2 is 1.63 bits per heavy atom. The quantitative estimate of drug-likeness (QED) is 0.344. The van der Waals surface area contributed by atoms with Gasteiger partial charge in [-0.3, -0.25) is 9.10 Å². The summed E-state index contributed by atoms with van der Waals surface area (Å²) >= 11 is 0. The van der Waals surface area contributed by atoms with Crippen LogP contribution in [0.1, 0.15) is 18.1 Å². The van der Waals surface area contributed by atoms with E-state index in [0.29, 0.717) is 0 Å². The van der Waals surface area contributed by atoms with Crippen molar-refractivity contribution in [2.24, 2.45) is 5.10 Å². The fraction of sp³-hybridized carbons (Fsp3) is 0.167. The number of halogens is 3. The van der Waals surface area contributed by atoms with E-state index in [1.165, 1.54) is 36.4 Å². The highest BCUT2D eigenvalue weighted by molar-refractivity contribution is 7.92. The van der Waals surface area contributed by atoms with Gasteiger partial charge in [-0.05, 0) is 37.3 Å². The van der Waals surface area contributed by atoms with Crippen LogP contribution < -0.4 is 14.5 Å². The number of para-hydroxylation sites is 2. The third-order valence-electron chi connectivity index (χ3n) is 4.71. The molecule has 0 heterocycles. The number of rotatable bonds is 9. The van der Waals surface area contributed by atoms with E-state index in [9.17, 15) is 26.4 Å². The summed E-state index contributed by atoms with van der Waals surface area (Å²) in [5.41, 5.74) is 1.05. The van der Waals surface area contributed by atoms with Crippen molar-refractivity contribution in [2.45, 2.75) is 18.0 Å². The number of hydrazone groups is 1. The van der Waals surface area contributed by atoms with E-state index in [1.807, 2.05) is 0 Å². The van der Waals surface area contributed by atoms with Crippen molar-refractivity contribution in [3.8, 4) is 5.75 Å². The molecule has 0 aromatic heterocycles. The van der Waals surface area contributed by atoms with Crippen LogP contribution >= 0.6 is 0 Å². The molecule has 0 saturated heterocycles. The number of nitrogens with one attached hydrogen (secondary N) is 1. The molecule has 0 atom stereocenters. The first-order chi connectivity index (χ1) is 16.6. The normalized spacial score (nSPS) is 11.9. The van der Waals surface area contributed by atoms with Crippen molar-refractivity contribution in [3.05, 3.63) is 90.0 Å². The first-order valence-corrected chi connectivity index (χ1v) is 11.9. The summed E-state index contributed by atoms with van der Waals surface area (Å²) in [5, 5.41) is 3.60. The van der Waals surface area contributed by atoms with Crippen LogP contribution in [-0.2, 0) is 21.0 Å². The zero-order valence-electron chi connectivity index (χ0n) is 18.6. The Hall–Kier alpha value is -3.86. The van der Waals surface area contributed by atoms with Crippen LogP contribution in [0.3, 0.4) is 0 Å². The summed E-state index contributed by atoms with van der Waals surface area (Å²) in [7, 11) is -4.20. The van der Waals surface area contributed by atoms with Crippen molar-refractivity contribution >= 4 is 27.8 Å². The minimum atomic E-state index is -4.60. The first-order valence-electron chi connectivity index (χ1n) is 10.4. The van der Waals surface area contributed by atoms with Gasteiger partial charge in [-0.15, -0.1) is 0 Å². The molecule has 0 saturated carbocycles. The number of nitrogens with zero attached hydrogens (tertiary/aromatic N) is 2. The van der Waals surface area contributed by atoms with Gasteiger partial charge in [0.25, 0.3) is 15.9 Å². The van der Waals surface area contributed by atoms with Crippen LogP contribution in [0.4, 0.5) is 18.9 Å². The number of hydrogen-bond donors (Lipinski definition) is 1. The van der Waals surface area contributed by atoms with Crippen molar-refractivity contribution in [3.63, 3.8) is 0 Å². The average Bonchev–Trinajstić information content (AvgIpc) is 2.83. The summed E-state index contributed by atoms with van der Waals surface area (Å²) < 4.78 is 72.7. The highest BCUT2D eigenvalue weighted by atomic mass is 32.2. The number of carbonyl (C=O) groups is 1. The van der Waals surface area contributed by atoms with Crippen LogP contribution in [0.2, 0.25) is 0 Å². The largest absolute Gasteiger partial charge is 0.492 e. The van der Waals surface area contributed by atoms with Crippen molar-refractivity contribution < 1.29 is 31.1 Å². The van der Waals surface area contributed by atoms with Gasteiger partial charge in [-0.1, -0.05) is 48.5 Å². The molecule has 0 aliphatic rings. The number of ether oxygens (including phenoxy) is 1. The Morgan fingerprint density at radius 1 is 1.00 bits per heavy atom. The number of alkyl halides is 3. The molecule has 0 fully saturated rings. The number of benzene rings is 3. The maximum Gasteiger partial charge on any atom is 0.417 e. The summed E-state index contributed by atoms with van der Waals surface area (Å²) in [6.07, 6.45) is -3.75. The number of amides is 1. The highest BCUT2D eigenvalue weighted by Gasteiger charge is 2.32. The van der Waals surface area contributed by atoms with Crippen LogP contribution in [0.25, 0.3) is 0 Å². The number of hydrogen-bond acceptors (Lipinski definition) is 5. The van der Waals surface area contributed by atoms with Crippen molar-refractivity contribution in [2.75, 3.05) is 17.5 Å². The molecule has 35 heavy (non-hydrogen) atoms. The zero-order valence-corrected chi connectivity index (χ0v) is 19.4. The molecule has 3 aromatic rings. The van der Waals surface area contributed by atoms with Crippen LogP contribution in [0, 0.1) is 0 Å². The number of anilines is 1. The predicted octanol–water partition coefficient (Wildman–Crippen LogP) is 4.45. The van der Waals surface area contributed by atoms with Gasteiger partial charge in [0.2, 0.25) is 0 Å². The van der Waals surface area contributed by atoms with Gasteiger partial charge >= 0.3 is 6.18 Å². The Morgan fingerprint density at radius 3 is 2.31 bits per heavy atom. The van der Waals surface area contributed by atoms with Gasteiger partial charge in [0.1, 0.15) is 12.3 Å². The zero-order chi connectivity index (χ0) is 25.5. The molecular weight excluding hydrogens is 483 g/mol. The Kier molecular flexibility index (Phi) is 8.13. The second-order valence-electron chi connectivity index (χ2n) is 7.10. The van der Waals surface area contributed by atoms with Gasteiger partial charge in [-0.25, -0.2) is 13.8 Å². The monoisotopic (exact) mass is 505 g/mol. The van der Waals surface area contributed by atoms with Gasteiger partial charge in [0, 0.05) is 5.56 Å². The molecule has 184 valence electrons. The summed E-state index contributed by atoms with van der Waals surface area (Å²) in [6.45, 7) is 1.29. The highest BCUT2D eigenvalue weighted by Crippen LogP contribution is 2.33. The van der Waals surface area contributed by atoms with Gasteiger partial charge < -0.3 is 4.74 Å². The lowest BCUT2D eigenvalue weighted by atomic mass is 10.1. The Balaban J connectivity index is 1.89. The molecule has 1 amide bonds. The van der Waals surface area contributed by atoms with E-state index in [0.717, 1.165) is 16.6 Å². The minimum Gasteiger partial charge on any atom is -0.492 e. The lowest BCUT2D eigenvalue weighted by molar-refractivity contribution is -0.137. The molecular formula is C24H22F3N3O4S. The fourth-order valence-corrected chi connectivity index (χ4v) is 4.62. The Labute approximate surface area is 200 Å². The van der Waals surface area contributed by atoms with Crippen molar-refractivity contribution in [1.29, 1.82) is 0 Å². The molecule has 0 unspecified atom stereocenters. The topological polar surface area (TPSA) is 88.1 Å². The number of carbonyl (C=O) groups excluding carboxylic acids is 1. The standard InChI is InChI=1S/C24H22F3N3O4S/c1-2-34-22-15-9-8-14-21(22)30(35(32,33)19-11-4-3-5-12-19)17-23(31)29-28-16-18-10-6-7-13-20(18)24(25,26)27/h3-16H,2,17H2,1H3,(H,29,31)/b28-16-. The predicted molar refractivity (Wildman–Crippen MR) is 126 cm³/mol. The maximum atomic E-state index is 13.4. The molecule has 0 spiro atoms. The SMILES string of the molecule is CCOc1ccccc1N(CC(=O)N/N=C\c1ccccc1C(F)(F)F)S(=O)(=O)c1ccccc1. The number of sulfonamides is 1. The molecule has 3 rings (SSSR count). The molecule has 3 aromatic carbocycles. The van der Waals surface area contributed by atoms with Crippen LogP contribution in [0.5, 0.6) is 5.75 Å². The maximum absolute atomic E-state index is 13.4. The lowest BCUT2D eigenvalue weighted by Crippen LogP contribution is -2.39. The van der Waals surface area contributed by atoms with Crippen LogP contribution in [0.15, 0.2) is 88.9 Å². The molecule has 7 nitrogen and oxygen atoms in total. The second kappa shape index (κ2) is 11.0.